The van der Waals surface area contributed by atoms with E-state index in [0.29, 0.717) is 44.1 Å². The number of hydrogen-bond acceptors (Lipinski definition) is 12. The summed E-state index contributed by atoms with van der Waals surface area (Å²) in [5, 5.41) is 20.1. The number of hydrazine groups is 1. The minimum Gasteiger partial charge on any atom is -0.434 e. The Morgan fingerprint density at radius 3 is 2.42 bits per heavy atom. The van der Waals surface area contributed by atoms with Gasteiger partial charge in [0.2, 0.25) is 12.1 Å². The number of rotatable bonds is 19. The number of aryl methyl sites for hydroxylation is 1. The molecule has 16 nitrogen and oxygen atoms in total. The summed E-state index contributed by atoms with van der Waals surface area (Å²) in [6, 6.07) is 15.7. The Hall–Kier alpha value is -5.25. The normalized spacial score (nSPS) is 11.9. The van der Waals surface area contributed by atoms with Crippen molar-refractivity contribution in [2.75, 3.05) is 33.4 Å². The lowest BCUT2D eigenvalue weighted by Crippen LogP contribution is -2.33. The average molecular weight is 713 g/mol. The van der Waals surface area contributed by atoms with Crippen LogP contribution in [0.3, 0.4) is 0 Å². The number of nitrogens with zero attached hydrogens (tertiary/aromatic N) is 8. The second-order valence-corrected chi connectivity index (χ2v) is 11.2. The van der Waals surface area contributed by atoms with Gasteiger partial charge in [-0.1, -0.05) is 73.5 Å². The number of benzene rings is 2. The molecule has 0 fully saturated rings. The van der Waals surface area contributed by atoms with Crippen molar-refractivity contribution in [2.24, 2.45) is 5.28 Å². The molecule has 268 valence electrons. The van der Waals surface area contributed by atoms with Gasteiger partial charge in [-0.05, 0) is 42.2 Å². The molecule has 0 spiro atoms. The number of esters is 1. The number of aromatic nitrogens is 6. The molecule has 50 heavy (non-hydrogen) atoms. The average Bonchev–Trinajstić information content (AvgIpc) is 3.76. The lowest BCUT2D eigenvalue weighted by atomic mass is 9.98. The fourth-order valence-electron chi connectivity index (χ4n) is 4.97. The van der Waals surface area contributed by atoms with Crippen molar-refractivity contribution in [3.05, 3.63) is 70.8 Å². The number of tetrazole rings is 1. The van der Waals surface area contributed by atoms with Gasteiger partial charge in [-0.2, -0.15) is 5.21 Å². The van der Waals surface area contributed by atoms with E-state index in [1.165, 1.54) is 19.0 Å². The third-order valence-corrected chi connectivity index (χ3v) is 7.73. The second-order valence-electron chi connectivity index (χ2n) is 10.9. The SMILES string of the molecule is CCCCc1nc(Cl)c(C(=O)OC(C)OC(=O)OCCCO/N=[N+](\OC)N(CC)CC)n1Cc1ccc(-c2ccccc2-c2nn[nH]n2)cc1. The maximum absolute atomic E-state index is 13.4. The minimum absolute atomic E-state index is 0.0000128. The Balaban J connectivity index is 1.37. The van der Waals surface area contributed by atoms with Gasteiger partial charge in [-0.15, -0.1) is 15.2 Å². The summed E-state index contributed by atoms with van der Waals surface area (Å²) in [6.45, 7) is 9.21. The number of nitrogens with one attached hydrogen (secondary N) is 1. The molecule has 2 aromatic heterocycles. The van der Waals surface area contributed by atoms with Crippen molar-refractivity contribution in [2.45, 2.75) is 66.2 Å². The smallest absolute Gasteiger partial charge is 0.434 e. The van der Waals surface area contributed by atoms with Crippen molar-refractivity contribution in [1.82, 2.24) is 35.2 Å². The molecule has 2 aromatic carbocycles. The van der Waals surface area contributed by atoms with Crippen LogP contribution in [0.1, 0.15) is 68.8 Å². The molecular formula is C33H43ClN9O7+. The number of carbonyl (C=O) groups excluding carboxylic acids is 2. The van der Waals surface area contributed by atoms with Gasteiger partial charge in [0.15, 0.2) is 18.0 Å². The molecule has 4 rings (SSSR count). The second kappa shape index (κ2) is 19.1. The number of unbranched alkanes of at least 4 members (excludes halogenated alkanes) is 1. The Morgan fingerprint density at radius 2 is 1.76 bits per heavy atom. The first-order valence-electron chi connectivity index (χ1n) is 16.4. The molecule has 1 N–H and O–H groups in total. The van der Waals surface area contributed by atoms with Crippen molar-refractivity contribution >= 4 is 23.7 Å². The van der Waals surface area contributed by atoms with Crippen LogP contribution in [0.5, 0.6) is 0 Å². The van der Waals surface area contributed by atoms with Gasteiger partial charge in [-0.3, -0.25) is 0 Å². The maximum atomic E-state index is 13.4. The van der Waals surface area contributed by atoms with E-state index >= 15 is 0 Å². The molecule has 1 unspecified atom stereocenters. The van der Waals surface area contributed by atoms with Gasteiger partial charge in [0, 0.05) is 31.9 Å². The topological polar surface area (TPSA) is 171 Å². The number of halogens is 1. The Bertz CT molecular complexity index is 1690. The predicted octanol–water partition coefficient (Wildman–Crippen LogP) is 6.04. The molecule has 0 saturated heterocycles. The summed E-state index contributed by atoms with van der Waals surface area (Å²) in [5.41, 5.74) is 3.70. The monoisotopic (exact) mass is 712 g/mol. The third kappa shape index (κ3) is 10.1. The molecule has 0 saturated carbocycles. The number of carbonyl (C=O) groups is 2. The zero-order valence-corrected chi connectivity index (χ0v) is 29.6. The van der Waals surface area contributed by atoms with Gasteiger partial charge in [0.1, 0.15) is 12.4 Å². The Labute approximate surface area is 295 Å². The first-order valence-corrected chi connectivity index (χ1v) is 16.8. The number of ether oxygens (including phenoxy) is 3. The first-order chi connectivity index (χ1) is 24.3. The summed E-state index contributed by atoms with van der Waals surface area (Å²) in [4.78, 5) is 41.7. The van der Waals surface area contributed by atoms with E-state index in [9.17, 15) is 9.59 Å². The molecule has 0 amide bonds. The van der Waals surface area contributed by atoms with Crippen LogP contribution in [-0.2, 0) is 36.9 Å². The van der Waals surface area contributed by atoms with Crippen molar-refractivity contribution in [1.29, 1.82) is 0 Å². The van der Waals surface area contributed by atoms with Crippen LogP contribution in [-0.4, -0.2) is 92.0 Å². The predicted molar refractivity (Wildman–Crippen MR) is 180 cm³/mol. The highest BCUT2D eigenvalue weighted by Gasteiger charge is 2.26. The Morgan fingerprint density at radius 1 is 1.02 bits per heavy atom. The standard InChI is InChI=1S/C33H43ClN9O7/c1-6-9-15-28-35-30(34)29(32(44)49-23(4)50-33(45)47-20-12-21-48-40-43(46-5)41(7-2)8-3)42(28)22-24-16-18-25(19-17-24)26-13-10-11-14-27(26)31-36-38-39-37-31/h10-11,13-14,16-19,23H,6-9,12,15,20-22H2,1-5H3,(H,36,37,38,39)/q+1/b43-40-. The summed E-state index contributed by atoms with van der Waals surface area (Å²) >= 11 is 6.51. The number of H-pyrrole nitrogens is 1. The van der Waals surface area contributed by atoms with E-state index in [4.69, 9.17) is 35.5 Å². The van der Waals surface area contributed by atoms with Gasteiger partial charge < -0.3 is 23.6 Å². The molecule has 0 aliphatic heterocycles. The molecule has 1 atom stereocenters. The van der Waals surface area contributed by atoms with E-state index in [0.717, 1.165) is 35.1 Å². The van der Waals surface area contributed by atoms with Gasteiger partial charge >= 0.3 is 12.1 Å². The molecule has 0 aliphatic carbocycles. The van der Waals surface area contributed by atoms with Gasteiger partial charge in [-0.25, -0.2) is 19.4 Å². The van der Waals surface area contributed by atoms with Crippen molar-refractivity contribution in [3.63, 3.8) is 0 Å². The third-order valence-electron chi connectivity index (χ3n) is 7.47. The highest BCUT2D eigenvalue weighted by atomic mass is 35.5. The molecule has 17 heteroatoms. The molecule has 0 aliphatic rings. The van der Waals surface area contributed by atoms with E-state index < -0.39 is 18.4 Å². The highest BCUT2D eigenvalue weighted by molar-refractivity contribution is 6.32. The van der Waals surface area contributed by atoms with Crippen LogP contribution in [0.4, 0.5) is 4.79 Å². The van der Waals surface area contributed by atoms with E-state index in [1.807, 2.05) is 62.4 Å². The quantitative estimate of drug-likeness (QED) is 0.0299. The highest BCUT2D eigenvalue weighted by Crippen LogP contribution is 2.30. The van der Waals surface area contributed by atoms with E-state index in [2.05, 4.69) is 37.8 Å². The van der Waals surface area contributed by atoms with Crippen LogP contribution >= 0.6 is 11.6 Å². The van der Waals surface area contributed by atoms with Gasteiger partial charge in [0.25, 0.3) is 10.2 Å². The lowest BCUT2D eigenvalue weighted by molar-refractivity contribution is -0.942. The molecular weight excluding hydrogens is 670 g/mol. The van der Waals surface area contributed by atoms with Crippen LogP contribution in [0.2, 0.25) is 5.15 Å². The molecule has 4 aromatic rings. The zero-order chi connectivity index (χ0) is 35.9. The largest absolute Gasteiger partial charge is 0.511 e. The molecule has 0 radical (unpaired) electrons. The summed E-state index contributed by atoms with van der Waals surface area (Å²) in [6.07, 6.45) is 0.446. The molecule has 0 bridgehead atoms. The number of hydrogen-bond donors (Lipinski definition) is 1. The summed E-state index contributed by atoms with van der Waals surface area (Å²) < 4.78 is 17.4. The Kier molecular flexibility index (Phi) is 14.3. The maximum Gasteiger partial charge on any atom is 0.511 e. The first kappa shape index (κ1) is 37.6. The zero-order valence-electron chi connectivity index (χ0n) is 28.9. The number of imidazole rings is 1. The fourth-order valence-corrected chi connectivity index (χ4v) is 5.25. The summed E-state index contributed by atoms with van der Waals surface area (Å²) in [7, 11) is 1.48. The van der Waals surface area contributed by atoms with E-state index in [-0.39, 0.29) is 24.1 Å². The fraction of sp³-hybridized carbons (Fsp3) is 0.455. The summed E-state index contributed by atoms with van der Waals surface area (Å²) in [5.74, 6) is 0.348. The van der Waals surface area contributed by atoms with Crippen LogP contribution in [0.25, 0.3) is 22.5 Å². The van der Waals surface area contributed by atoms with Crippen molar-refractivity contribution in [3.8, 4) is 22.5 Å². The van der Waals surface area contributed by atoms with Gasteiger partial charge in [0.05, 0.1) is 19.7 Å². The van der Waals surface area contributed by atoms with Crippen LogP contribution in [0, 0.1) is 0 Å². The molecule has 2 heterocycles. The van der Waals surface area contributed by atoms with Crippen LogP contribution < -0.4 is 0 Å². The minimum atomic E-state index is -1.26. The number of aromatic amines is 1. The van der Waals surface area contributed by atoms with E-state index in [1.54, 1.807) is 9.58 Å². The van der Waals surface area contributed by atoms with Crippen molar-refractivity contribution < 1.29 is 38.4 Å². The lowest BCUT2D eigenvalue weighted by Gasteiger charge is -2.16. The van der Waals surface area contributed by atoms with Crippen LogP contribution in [0.15, 0.2) is 53.8 Å².